The van der Waals surface area contributed by atoms with Crippen LogP contribution in [0.2, 0.25) is 0 Å². The Bertz CT molecular complexity index is 115. The van der Waals surface area contributed by atoms with Gasteiger partial charge in [-0.05, 0) is 12.8 Å². The van der Waals surface area contributed by atoms with Gasteiger partial charge >= 0.3 is 0 Å². The van der Waals surface area contributed by atoms with Gasteiger partial charge in [-0.15, -0.1) is 0 Å². The number of hydrogen-bond acceptors (Lipinski definition) is 2. The molecule has 0 radical (unpaired) electrons. The first-order valence-electron chi connectivity index (χ1n) is 6.08. The van der Waals surface area contributed by atoms with Gasteiger partial charge in [0, 0.05) is 0 Å². The first kappa shape index (κ1) is 13.9. The molecule has 0 saturated heterocycles. The third-order valence-electron chi connectivity index (χ3n) is 2.65. The summed E-state index contributed by atoms with van der Waals surface area (Å²) >= 11 is 0. The second kappa shape index (κ2) is 9.47. The topological polar surface area (TPSA) is 40.5 Å². The average molecular weight is 202 g/mol. The molecule has 0 aromatic rings. The van der Waals surface area contributed by atoms with Crippen molar-refractivity contribution in [3.05, 3.63) is 0 Å². The van der Waals surface area contributed by atoms with E-state index in [1.807, 2.05) is 0 Å². The monoisotopic (exact) mass is 202 g/mol. The van der Waals surface area contributed by atoms with Crippen molar-refractivity contribution in [3.63, 3.8) is 0 Å². The molecule has 0 aliphatic heterocycles. The molecule has 86 valence electrons. The quantitative estimate of drug-likeness (QED) is 0.564. The number of aliphatic hydroxyl groups is 2. The van der Waals surface area contributed by atoms with Gasteiger partial charge in [0.05, 0.1) is 12.2 Å². The minimum Gasteiger partial charge on any atom is -0.390 e. The van der Waals surface area contributed by atoms with Crippen LogP contribution in [0.5, 0.6) is 0 Å². The molecular weight excluding hydrogens is 176 g/mol. The van der Waals surface area contributed by atoms with E-state index in [0.717, 1.165) is 32.1 Å². The molecular formula is C12H26O2. The fraction of sp³-hybridized carbons (Fsp3) is 1.00. The van der Waals surface area contributed by atoms with Crippen LogP contribution in [-0.2, 0) is 0 Å². The minimum absolute atomic E-state index is 0.501. The van der Waals surface area contributed by atoms with Crippen LogP contribution in [-0.4, -0.2) is 22.4 Å². The van der Waals surface area contributed by atoms with Gasteiger partial charge in [-0.3, -0.25) is 0 Å². The van der Waals surface area contributed by atoms with Crippen LogP contribution in [0.1, 0.15) is 65.2 Å². The van der Waals surface area contributed by atoms with Crippen LogP contribution in [0, 0.1) is 0 Å². The van der Waals surface area contributed by atoms with Gasteiger partial charge in [0.1, 0.15) is 0 Å². The third kappa shape index (κ3) is 7.34. The highest BCUT2D eigenvalue weighted by atomic mass is 16.3. The van der Waals surface area contributed by atoms with Crippen LogP contribution in [0.15, 0.2) is 0 Å². The van der Waals surface area contributed by atoms with Crippen LogP contribution >= 0.6 is 0 Å². The van der Waals surface area contributed by atoms with E-state index in [1.165, 1.54) is 19.3 Å². The van der Waals surface area contributed by atoms with Gasteiger partial charge in [-0.1, -0.05) is 52.4 Å². The average Bonchev–Trinajstić information content (AvgIpc) is 2.20. The number of hydrogen-bond donors (Lipinski definition) is 2. The Balaban J connectivity index is 3.36. The van der Waals surface area contributed by atoms with Crippen molar-refractivity contribution in [3.8, 4) is 0 Å². The molecule has 0 aromatic carbocycles. The largest absolute Gasteiger partial charge is 0.390 e. The van der Waals surface area contributed by atoms with Crippen molar-refractivity contribution in [1.82, 2.24) is 0 Å². The fourth-order valence-electron chi connectivity index (χ4n) is 1.58. The van der Waals surface area contributed by atoms with Crippen molar-refractivity contribution in [2.45, 2.75) is 77.4 Å². The zero-order valence-electron chi connectivity index (χ0n) is 9.71. The van der Waals surface area contributed by atoms with E-state index in [9.17, 15) is 10.2 Å². The molecule has 0 amide bonds. The summed E-state index contributed by atoms with van der Waals surface area (Å²) in [6, 6.07) is 0. The van der Waals surface area contributed by atoms with E-state index in [1.54, 1.807) is 0 Å². The molecule has 0 bridgehead atoms. The molecule has 0 aliphatic rings. The lowest BCUT2D eigenvalue weighted by Crippen LogP contribution is -2.25. The summed E-state index contributed by atoms with van der Waals surface area (Å²) in [6.07, 6.45) is 7.25. The zero-order chi connectivity index (χ0) is 10.8. The van der Waals surface area contributed by atoms with E-state index in [2.05, 4.69) is 13.8 Å². The van der Waals surface area contributed by atoms with Crippen LogP contribution in [0.4, 0.5) is 0 Å². The van der Waals surface area contributed by atoms with Crippen molar-refractivity contribution in [2.24, 2.45) is 0 Å². The second-order valence-corrected chi connectivity index (χ2v) is 4.13. The molecule has 0 aromatic heterocycles. The minimum atomic E-state index is -0.503. The lowest BCUT2D eigenvalue weighted by Gasteiger charge is -2.17. The highest BCUT2D eigenvalue weighted by Gasteiger charge is 2.14. The van der Waals surface area contributed by atoms with E-state index >= 15 is 0 Å². The van der Waals surface area contributed by atoms with Gasteiger partial charge in [0.2, 0.25) is 0 Å². The summed E-state index contributed by atoms with van der Waals surface area (Å²) in [6.45, 7) is 4.27. The van der Waals surface area contributed by atoms with Gasteiger partial charge in [0.15, 0.2) is 0 Å². The Morgan fingerprint density at radius 2 is 1.21 bits per heavy atom. The molecule has 0 heterocycles. The molecule has 0 rings (SSSR count). The van der Waals surface area contributed by atoms with E-state index in [0.29, 0.717) is 0 Å². The summed E-state index contributed by atoms with van der Waals surface area (Å²) in [5.74, 6) is 0. The molecule has 2 N–H and O–H groups in total. The van der Waals surface area contributed by atoms with E-state index in [-0.39, 0.29) is 0 Å². The number of aliphatic hydroxyl groups excluding tert-OH is 2. The van der Waals surface area contributed by atoms with Gasteiger partial charge < -0.3 is 10.2 Å². The SMILES string of the molecule is CCCCCC[C@H](O)[C@H](O)CCCC. The van der Waals surface area contributed by atoms with Crippen LogP contribution in [0.3, 0.4) is 0 Å². The summed E-state index contributed by atoms with van der Waals surface area (Å²) in [4.78, 5) is 0. The standard InChI is InChI=1S/C12H26O2/c1-3-5-7-8-10-12(14)11(13)9-6-4-2/h11-14H,3-10H2,1-2H3/t11-,12+/m1/s1. The Morgan fingerprint density at radius 1 is 0.714 bits per heavy atom. The van der Waals surface area contributed by atoms with E-state index in [4.69, 9.17) is 0 Å². The maximum atomic E-state index is 9.59. The van der Waals surface area contributed by atoms with Crippen molar-refractivity contribution < 1.29 is 10.2 Å². The molecule has 2 nitrogen and oxygen atoms in total. The molecule has 14 heavy (non-hydrogen) atoms. The summed E-state index contributed by atoms with van der Waals surface area (Å²) < 4.78 is 0. The molecule has 0 saturated carbocycles. The Morgan fingerprint density at radius 3 is 1.71 bits per heavy atom. The first-order chi connectivity index (χ1) is 6.72. The van der Waals surface area contributed by atoms with Crippen molar-refractivity contribution in [2.75, 3.05) is 0 Å². The molecule has 0 spiro atoms. The third-order valence-corrected chi connectivity index (χ3v) is 2.65. The lowest BCUT2D eigenvalue weighted by atomic mass is 10.0. The highest BCUT2D eigenvalue weighted by molar-refractivity contribution is 4.66. The number of unbranched alkanes of at least 4 members (excludes halogenated alkanes) is 4. The van der Waals surface area contributed by atoms with Crippen molar-refractivity contribution >= 4 is 0 Å². The predicted molar refractivity (Wildman–Crippen MR) is 60.3 cm³/mol. The summed E-state index contributed by atoms with van der Waals surface area (Å²) in [5.41, 5.74) is 0. The van der Waals surface area contributed by atoms with Gasteiger partial charge in [0.25, 0.3) is 0 Å². The summed E-state index contributed by atoms with van der Waals surface area (Å²) in [7, 11) is 0. The predicted octanol–water partition coefficient (Wildman–Crippen LogP) is 2.87. The van der Waals surface area contributed by atoms with Crippen molar-refractivity contribution in [1.29, 1.82) is 0 Å². The first-order valence-corrected chi connectivity index (χ1v) is 6.08. The maximum absolute atomic E-state index is 9.59. The fourth-order valence-corrected chi connectivity index (χ4v) is 1.58. The van der Waals surface area contributed by atoms with E-state index < -0.39 is 12.2 Å². The Hall–Kier alpha value is -0.0800. The zero-order valence-corrected chi connectivity index (χ0v) is 9.71. The maximum Gasteiger partial charge on any atom is 0.0799 e. The Kier molecular flexibility index (Phi) is 9.42. The Labute approximate surface area is 88.3 Å². The highest BCUT2D eigenvalue weighted by Crippen LogP contribution is 2.12. The van der Waals surface area contributed by atoms with Crippen LogP contribution < -0.4 is 0 Å². The second-order valence-electron chi connectivity index (χ2n) is 4.13. The molecule has 0 unspecified atom stereocenters. The van der Waals surface area contributed by atoms with Crippen LogP contribution in [0.25, 0.3) is 0 Å². The summed E-state index contributed by atoms with van der Waals surface area (Å²) in [5, 5.41) is 19.1. The molecule has 2 atom stereocenters. The van der Waals surface area contributed by atoms with Gasteiger partial charge in [-0.25, -0.2) is 0 Å². The number of rotatable bonds is 9. The molecule has 0 fully saturated rings. The smallest absolute Gasteiger partial charge is 0.0799 e. The normalized spacial score (nSPS) is 15.4. The molecule has 2 heteroatoms. The van der Waals surface area contributed by atoms with Gasteiger partial charge in [-0.2, -0.15) is 0 Å². The lowest BCUT2D eigenvalue weighted by molar-refractivity contribution is 0.00739. The molecule has 0 aliphatic carbocycles.